The van der Waals surface area contributed by atoms with Crippen LogP contribution in [0.5, 0.6) is 0 Å². The van der Waals surface area contributed by atoms with Crippen LogP contribution in [-0.2, 0) is 15.8 Å². The van der Waals surface area contributed by atoms with Crippen LogP contribution < -0.4 is 5.32 Å². The van der Waals surface area contributed by atoms with Crippen molar-refractivity contribution in [2.24, 2.45) is 0 Å². The van der Waals surface area contributed by atoms with Gasteiger partial charge < -0.3 is 10.2 Å². The predicted molar refractivity (Wildman–Crippen MR) is 94.5 cm³/mol. The van der Waals surface area contributed by atoms with Gasteiger partial charge in [0.25, 0.3) is 0 Å². The smallest absolute Gasteiger partial charge is 0.333 e. The van der Waals surface area contributed by atoms with Gasteiger partial charge in [0.2, 0.25) is 11.8 Å². The van der Waals surface area contributed by atoms with Crippen molar-refractivity contribution in [1.82, 2.24) is 4.90 Å². The normalized spacial score (nSPS) is 12.0. The number of carbonyl (C=O) groups is 2. The summed E-state index contributed by atoms with van der Waals surface area (Å²) in [5, 5.41) is 2.25. The van der Waals surface area contributed by atoms with Gasteiger partial charge in [-0.05, 0) is 19.1 Å². The molecule has 1 aromatic carbocycles. The van der Waals surface area contributed by atoms with Gasteiger partial charge in [0, 0.05) is 11.3 Å². The zero-order valence-corrected chi connectivity index (χ0v) is 15.6. The minimum absolute atomic E-state index is 0.0943. The SMILES string of the molecule is CCN(CC(=O)Nc1ccccc1C(F)(F)F)C(=O)CSC(C)(C)C. The van der Waals surface area contributed by atoms with Crippen molar-refractivity contribution in [2.75, 3.05) is 24.2 Å². The van der Waals surface area contributed by atoms with Gasteiger partial charge in [-0.3, -0.25) is 9.59 Å². The second-order valence-corrected chi connectivity index (χ2v) is 8.20. The Bertz CT molecular complexity index is 613. The van der Waals surface area contributed by atoms with Crippen LogP contribution in [0.3, 0.4) is 0 Å². The maximum atomic E-state index is 12.9. The molecule has 2 amide bonds. The first-order valence-corrected chi connectivity index (χ1v) is 8.80. The Balaban J connectivity index is 2.74. The number of nitrogens with zero attached hydrogens (tertiary/aromatic N) is 1. The van der Waals surface area contributed by atoms with E-state index in [1.165, 1.54) is 34.9 Å². The molecule has 0 unspecified atom stereocenters. The molecule has 0 aliphatic heterocycles. The summed E-state index contributed by atoms with van der Waals surface area (Å²) in [6.07, 6.45) is -4.56. The molecule has 0 aliphatic rings. The molecule has 140 valence electrons. The number of alkyl halides is 3. The van der Waals surface area contributed by atoms with Crippen LogP contribution in [0.1, 0.15) is 33.3 Å². The Morgan fingerprint density at radius 1 is 1.16 bits per heavy atom. The Hall–Kier alpha value is -1.70. The molecule has 1 N–H and O–H groups in total. The molecule has 25 heavy (non-hydrogen) atoms. The monoisotopic (exact) mass is 376 g/mol. The quantitative estimate of drug-likeness (QED) is 0.816. The van der Waals surface area contributed by atoms with Crippen molar-refractivity contribution in [3.63, 3.8) is 0 Å². The molecule has 0 spiro atoms. The summed E-state index contributed by atoms with van der Waals surface area (Å²) < 4.78 is 38.8. The Morgan fingerprint density at radius 2 is 1.76 bits per heavy atom. The van der Waals surface area contributed by atoms with E-state index in [-0.39, 0.29) is 28.6 Å². The number of carbonyl (C=O) groups excluding carboxylic acids is 2. The van der Waals surface area contributed by atoms with Crippen molar-refractivity contribution in [3.8, 4) is 0 Å². The number of thioether (sulfide) groups is 1. The molecule has 0 bridgehead atoms. The number of rotatable bonds is 6. The van der Waals surface area contributed by atoms with Crippen molar-refractivity contribution < 1.29 is 22.8 Å². The van der Waals surface area contributed by atoms with Gasteiger partial charge in [-0.1, -0.05) is 32.9 Å². The average molecular weight is 376 g/mol. The van der Waals surface area contributed by atoms with Crippen LogP contribution in [0.15, 0.2) is 24.3 Å². The second-order valence-electron chi connectivity index (χ2n) is 6.40. The molecule has 0 fully saturated rings. The maximum Gasteiger partial charge on any atom is 0.418 e. The number of nitrogens with one attached hydrogen (secondary N) is 1. The fourth-order valence-electron chi connectivity index (χ4n) is 1.95. The number of halogens is 3. The topological polar surface area (TPSA) is 49.4 Å². The number of amides is 2. The largest absolute Gasteiger partial charge is 0.418 e. The van der Waals surface area contributed by atoms with Crippen molar-refractivity contribution in [2.45, 2.75) is 38.6 Å². The van der Waals surface area contributed by atoms with Crippen molar-refractivity contribution in [3.05, 3.63) is 29.8 Å². The minimum Gasteiger partial charge on any atom is -0.333 e. The van der Waals surface area contributed by atoms with E-state index in [2.05, 4.69) is 5.32 Å². The van der Waals surface area contributed by atoms with Crippen molar-refractivity contribution in [1.29, 1.82) is 0 Å². The number of likely N-dealkylation sites (N-methyl/N-ethyl adjacent to an activating group) is 1. The lowest BCUT2D eigenvalue weighted by atomic mass is 10.1. The molecule has 1 rings (SSSR count). The van der Waals surface area contributed by atoms with Crippen LogP contribution in [0, 0.1) is 0 Å². The number of benzene rings is 1. The number of hydrogen-bond donors (Lipinski definition) is 1. The molecule has 0 radical (unpaired) electrons. The molecule has 8 heteroatoms. The molecular formula is C17H23F3N2O2S. The van der Waals surface area contributed by atoms with Crippen LogP contribution >= 0.6 is 11.8 Å². The van der Waals surface area contributed by atoms with Crippen molar-refractivity contribution >= 4 is 29.3 Å². The van der Waals surface area contributed by atoms with Crippen LogP contribution in [0.4, 0.5) is 18.9 Å². The number of hydrogen-bond acceptors (Lipinski definition) is 3. The lowest BCUT2D eigenvalue weighted by Crippen LogP contribution is -2.39. The third kappa shape index (κ3) is 7.37. The van der Waals surface area contributed by atoms with Crippen LogP contribution in [-0.4, -0.2) is 40.3 Å². The standard InChI is InChI=1S/C17H23F3N2O2S/c1-5-22(15(24)11-25-16(2,3)4)10-14(23)21-13-9-7-6-8-12(13)17(18,19)20/h6-9H,5,10-11H2,1-4H3,(H,21,23). The van der Waals surface area contributed by atoms with Gasteiger partial charge in [0.05, 0.1) is 23.5 Å². The zero-order valence-electron chi connectivity index (χ0n) is 14.7. The van der Waals surface area contributed by atoms with Crippen LogP contribution in [0.25, 0.3) is 0 Å². The van der Waals surface area contributed by atoms with Gasteiger partial charge in [-0.25, -0.2) is 0 Å². The zero-order chi connectivity index (χ0) is 19.3. The summed E-state index contributed by atoms with van der Waals surface area (Å²) >= 11 is 1.45. The summed E-state index contributed by atoms with van der Waals surface area (Å²) in [6, 6.07) is 4.75. The first-order chi connectivity index (χ1) is 11.4. The fourth-order valence-corrected chi connectivity index (χ4v) is 2.69. The van der Waals surface area contributed by atoms with Gasteiger partial charge >= 0.3 is 6.18 Å². The highest BCUT2D eigenvalue weighted by Crippen LogP contribution is 2.34. The van der Waals surface area contributed by atoms with Gasteiger partial charge in [0.15, 0.2) is 0 Å². The number of para-hydroxylation sites is 1. The molecule has 4 nitrogen and oxygen atoms in total. The van der Waals surface area contributed by atoms with E-state index in [4.69, 9.17) is 0 Å². The summed E-state index contributed by atoms with van der Waals surface area (Å²) in [7, 11) is 0. The van der Waals surface area contributed by atoms with Gasteiger partial charge in [-0.2, -0.15) is 13.2 Å². The molecule has 0 heterocycles. The lowest BCUT2D eigenvalue weighted by molar-refractivity contribution is -0.137. The lowest BCUT2D eigenvalue weighted by Gasteiger charge is -2.23. The van der Waals surface area contributed by atoms with E-state index in [9.17, 15) is 22.8 Å². The van der Waals surface area contributed by atoms with E-state index in [1.54, 1.807) is 6.92 Å². The number of anilines is 1. The summed E-state index contributed by atoms with van der Waals surface area (Å²) in [4.78, 5) is 25.6. The molecule has 1 aromatic rings. The first-order valence-electron chi connectivity index (χ1n) is 7.82. The highest BCUT2D eigenvalue weighted by molar-refractivity contribution is 8.01. The van der Waals surface area contributed by atoms with E-state index >= 15 is 0 Å². The Kier molecular flexibility index (Phi) is 7.34. The fraction of sp³-hybridized carbons (Fsp3) is 0.529. The van der Waals surface area contributed by atoms with Gasteiger partial charge in [-0.15, -0.1) is 11.8 Å². The highest BCUT2D eigenvalue weighted by atomic mass is 32.2. The molecule has 0 atom stereocenters. The van der Waals surface area contributed by atoms with E-state index in [0.717, 1.165) is 6.07 Å². The maximum absolute atomic E-state index is 12.9. The van der Waals surface area contributed by atoms with Crippen LogP contribution in [0.2, 0.25) is 0 Å². The third-order valence-corrected chi connectivity index (χ3v) is 4.46. The Morgan fingerprint density at radius 3 is 2.28 bits per heavy atom. The molecule has 0 aliphatic carbocycles. The first kappa shape index (κ1) is 21.3. The molecular weight excluding hydrogens is 353 g/mol. The van der Waals surface area contributed by atoms with E-state index in [0.29, 0.717) is 6.54 Å². The van der Waals surface area contributed by atoms with Gasteiger partial charge in [0.1, 0.15) is 0 Å². The molecule has 0 aromatic heterocycles. The molecule has 0 saturated carbocycles. The van der Waals surface area contributed by atoms with E-state index < -0.39 is 17.6 Å². The third-order valence-electron chi connectivity index (χ3n) is 3.20. The predicted octanol–water partition coefficient (Wildman–Crippen LogP) is 4.02. The minimum atomic E-state index is -4.56. The van der Waals surface area contributed by atoms with E-state index in [1.807, 2.05) is 20.8 Å². The Labute approximate surface area is 150 Å². The summed E-state index contributed by atoms with van der Waals surface area (Å²) in [5.74, 6) is -0.668. The second kappa shape index (κ2) is 8.60. The highest BCUT2D eigenvalue weighted by Gasteiger charge is 2.33. The average Bonchev–Trinajstić information content (AvgIpc) is 2.49. The molecule has 0 saturated heterocycles. The summed E-state index contributed by atoms with van der Waals surface area (Å²) in [6.45, 7) is 7.66. The summed E-state index contributed by atoms with van der Waals surface area (Å²) in [5.41, 5.74) is -1.23.